The number of imide groups is 1. The number of carbonyl (C=O) groups excluding carboxylic acids is 2. The standard InChI is InChI=1S/C12H21N3O5/c16-10(8-20-9-11(17)18)14-12(19)13-4-3-7-15-5-1-2-6-15/h1-9H2,(H,17,18)(H2,13,14,16,19). The van der Waals surface area contributed by atoms with Gasteiger partial charge in [-0.1, -0.05) is 0 Å². The highest BCUT2D eigenvalue weighted by molar-refractivity contribution is 5.94. The third-order valence-electron chi connectivity index (χ3n) is 2.85. The number of nitrogens with one attached hydrogen (secondary N) is 2. The van der Waals surface area contributed by atoms with Crippen molar-refractivity contribution in [3.63, 3.8) is 0 Å². The number of rotatable bonds is 8. The SMILES string of the molecule is O=C(O)COCC(=O)NC(=O)NCCCN1CCCC1. The van der Waals surface area contributed by atoms with Gasteiger partial charge >= 0.3 is 12.0 Å². The van der Waals surface area contributed by atoms with Gasteiger partial charge in [-0.05, 0) is 38.9 Å². The minimum atomic E-state index is -1.16. The fourth-order valence-corrected chi connectivity index (χ4v) is 1.95. The average Bonchev–Trinajstić information content (AvgIpc) is 2.87. The predicted molar refractivity (Wildman–Crippen MR) is 70.3 cm³/mol. The lowest BCUT2D eigenvalue weighted by atomic mass is 10.4. The molecule has 114 valence electrons. The van der Waals surface area contributed by atoms with Crippen LogP contribution in [0.4, 0.5) is 4.79 Å². The third-order valence-corrected chi connectivity index (χ3v) is 2.85. The molecule has 0 atom stereocenters. The van der Waals surface area contributed by atoms with Gasteiger partial charge in [0.15, 0.2) is 0 Å². The topological polar surface area (TPSA) is 108 Å². The van der Waals surface area contributed by atoms with Gasteiger partial charge in [-0.3, -0.25) is 10.1 Å². The van der Waals surface area contributed by atoms with Crippen LogP contribution in [-0.2, 0) is 14.3 Å². The van der Waals surface area contributed by atoms with E-state index in [-0.39, 0.29) is 0 Å². The van der Waals surface area contributed by atoms with Crippen LogP contribution in [0.2, 0.25) is 0 Å². The minimum Gasteiger partial charge on any atom is -0.480 e. The van der Waals surface area contributed by atoms with Crippen molar-refractivity contribution < 1.29 is 24.2 Å². The first-order chi connectivity index (χ1) is 9.58. The third kappa shape index (κ3) is 7.70. The Balaban J connectivity index is 1.98. The summed E-state index contributed by atoms with van der Waals surface area (Å²) >= 11 is 0. The fraction of sp³-hybridized carbons (Fsp3) is 0.750. The number of hydrogen-bond acceptors (Lipinski definition) is 5. The maximum absolute atomic E-state index is 11.3. The summed E-state index contributed by atoms with van der Waals surface area (Å²) in [6.07, 6.45) is 3.30. The van der Waals surface area contributed by atoms with Crippen molar-refractivity contribution in [2.75, 3.05) is 39.4 Å². The second-order valence-electron chi connectivity index (χ2n) is 4.59. The molecule has 1 saturated heterocycles. The van der Waals surface area contributed by atoms with Gasteiger partial charge in [0.05, 0.1) is 0 Å². The van der Waals surface area contributed by atoms with Gasteiger partial charge in [-0.15, -0.1) is 0 Å². The van der Waals surface area contributed by atoms with E-state index >= 15 is 0 Å². The Kier molecular flexibility index (Phi) is 7.59. The largest absolute Gasteiger partial charge is 0.480 e. The summed E-state index contributed by atoms with van der Waals surface area (Å²) in [5, 5.41) is 12.9. The Bertz CT molecular complexity index is 342. The zero-order valence-electron chi connectivity index (χ0n) is 11.4. The molecule has 3 N–H and O–H groups in total. The Morgan fingerprint density at radius 1 is 1.15 bits per heavy atom. The zero-order valence-corrected chi connectivity index (χ0v) is 11.4. The molecule has 3 amide bonds. The molecule has 8 heteroatoms. The number of aliphatic carboxylic acids is 1. The Morgan fingerprint density at radius 2 is 1.85 bits per heavy atom. The normalized spacial score (nSPS) is 15.0. The van der Waals surface area contributed by atoms with Crippen molar-refractivity contribution in [2.45, 2.75) is 19.3 Å². The molecule has 0 saturated carbocycles. The van der Waals surface area contributed by atoms with Crippen LogP contribution in [0.25, 0.3) is 0 Å². The molecule has 1 heterocycles. The van der Waals surface area contributed by atoms with E-state index < -0.39 is 31.1 Å². The van der Waals surface area contributed by atoms with Crippen LogP contribution in [0.5, 0.6) is 0 Å². The highest BCUT2D eigenvalue weighted by Crippen LogP contribution is 2.06. The number of carboxylic acids is 1. The lowest BCUT2D eigenvalue weighted by Crippen LogP contribution is -2.42. The number of hydrogen-bond donors (Lipinski definition) is 3. The summed E-state index contributed by atoms with van der Waals surface area (Å²) in [4.78, 5) is 35.0. The van der Waals surface area contributed by atoms with E-state index in [1.165, 1.54) is 12.8 Å². The predicted octanol–water partition coefficient (Wildman–Crippen LogP) is -0.601. The Hall–Kier alpha value is -1.67. The van der Waals surface area contributed by atoms with Gasteiger partial charge in [0.1, 0.15) is 13.2 Å². The van der Waals surface area contributed by atoms with Crippen molar-refractivity contribution in [3.05, 3.63) is 0 Å². The van der Waals surface area contributed by atoms with Crippen LogP contribution in [0.15, 0.2) is 0 Å². The molecule has 0 radical (unpaired) electrons. The summed E-state index contributed by atoms with van der Waals surface area (Å²) in [6.45, 7) is 2.65. The second-order valence-corrected chi connectivity index (χ2v) is 4.59. The molecule has 0 aromatic heterocycles. The molecular weight excluding hydrogens is 266 g/mol. The number of urea groups is 1. The minimum absolute atomic E-state index is 0.451. The zero-order chi connectivity index (χ0) is 14.8. The van der Waals surface area contributed by atoms with Gasteiger partial charge in [-0.25, -0.2) is 9.59 Å². The van der Waals surface area contributed by atoms with Crippen LogP contribution in [-0.4, -0.2) is 67.3 Å². The van der Waals surface area contributed by atoms with Crippen molar-refractivity contribution in [3.8, 4) is 0 Å². The number of ether oxygens (including phenoxy) is 1. The van der Waals surface area contributed by atoms with E-state index in [9.17, 15) is 14.4 Å². The van der Waals surface area contributed by atoms with Crippen LogP contribution in [0.1, 0.15) is 19.3 Å². The van der Waals surface area contributed by atoms with Gasteiger partial charge in [0, 0.05) is 6.54 Å². The van der Waals surface area contributed by atoms with E-state index in [1.807, 2.05) is 0 Å². The van der Waals surface area contributed by atoms with Gasteiger partial charge < -0.3 is 20.1 Å². The summed E-state index contributed by atoms with van der Waals surface area (Å²) in [5.74, 6) is -1.83. The first-order valence-corrected chi connectivity index (χ1v) is 6.67. The molecule has 20 heavy (non-hydrogen) atoms. The molecule has 0 aromatic carbocycles. The van der Waals surface area contributed by atoms with Crippen LogP contribution in [0, 0.1) is 0 Å². The highest BCUT2D eigenvalue weighted by atomic mass is 16.5. The lowest BCUT2D eigenvalue weighted by molar-refractivity contribution is -0.143. The number of carboxylic acid groups (broad SMARTS) is 1. The molecule has 0 aliphatic carbocycles. The molecule has 1 aliphatic rings. The molecule has 0 aromatic rings. The molecular formula is C12H21N3O5. The molecule has 1 rings (SSSR count). The van der Waals surface area contributed by atoms with Crippen LogP contribution in [0.3, 0.4) is 0 Å². The summed E-state index contributed by atoms with van der Waals surface area (Å²) < 4.78 is 4.55. The smallest absolute Gasteiger partial charge is 0.329 e. The van der Waals surface area contributed by atoms with Crippen molar-refractivity contribution >= 4 is 17.9 Å². The van der Waals surface area contributed by atoms with Crippen molar-refractivity contribution in [2.24, 2.45) is 0 Å². The summed E-state index contributed by atoms with van der Waals surface area (Å²) in [5.41, 5.74) is 0. The van der Waals surface area contributed by atoms with Crippen LogP contribution >= 0.6 is 0 Å². The molecule has 0 unspecified atom stereocenters. The number of nitrogens with zero attached hydrogens (tertiary/aromatic N) is 1. The van der Waals surface area contributed by atoms with Crippen molar-refractivity contribution in [1.29, 1.82) is 0 Å². The van der Waals surface area contributed by atoms with E-state index in [0.717, 1.165) is 26.1 Å². The van der Waals surface area contributed by atoms with Crippen molar-refractivity contribution in [1.82, 2.24) is 15.5 Å². The van der Waals surface area contributed by atoms with Crippen LogP contribution < -0.4 is 10.6 Å². The van der Waals surface area contributed by atoms with E-state index in [4.69, 9.17) is 5.11 Å². The first-order valence-electron chi connectivity index (χ1n) is 6.67. The molecule has 1 fully saturated rings. The maximum atomic E-state index is 11.3. The number of amides is 3. The van der Waals surface area contributed by atoms with Gasteiger partial charge in [-0.2, -0.15) is 0 Å². The average molecular weight is 287 g/mol. The summed E-state index contributed by atoms with van der Waals surface area (Å²) in [7, 11) is 0. The monoisotopic (exact) mass is 287 g/mol. The first kappa shape index (κ1) is 16.4. The quantitative estimate of drug-likeness (QED) is 0.514. The molecule has 8 nitrogen and oxygen atoms in total. The second kappa shape index (κ2) is 9.27. The number of carbonyl (C=O) groups is 3. The van der Waals surface area contributed by atoms with E-state index in [0.29, 0.717) is 6.54 Å². The molecule has 1 aliphatic heterocycles. The molecule has 0 bridgehead atoms. The highest BCUT2D eigenvalue weighted by Gasteiger charge is 2.11. The molecule has 0 spiro atoms. The van der Waals surface area contributed by atoms with E-state index in [1.54, 1.807) is 0 Å². The summed E-state index contributed by atoms with van der Waals surface area (Å²) in [6, 6.07) is -0.588. The lowest BCUT2D eigenvalue weighted by Gasteiger charge is -2.14. The Labute approximate surface area is 117 Å². The fourth-order valence-electron chi connectivity index (χ4n) is 1.95. The Morgan fingerprint density at radius 3 is 2.50 bits per heavy atom. The van der Waals surface area contributed by atoms with Gasteiger partial charge in [0.25, 0.3) is 5.91 Å². The van der Waals surface area contributed by atoms with E-state index in [2.05, 4.69) is 20.3 Å². The maximum Gasteiger partial charge on any atom is 0.329 e. The van der Waals surface area contributed by atoms with Gasteiger partial charge in [0.2, 0.25) is 0 Å². The number of likely N-dealkylation sites (tertiary alicyclic amines) is 1.